The lowest BCUT2D eigenvalue weighted by Crippen LogP contribution is -2.37. The fourth-order valence-corrected chi connectivity index (χ4v) is 3.78. The number of aryl methyl sites for hydroxylation is 1. The molecule has 1 atom stereocenters. The standard InChI is InChI=1S/C16H22N4OS/c1-18(11-14-5-4-8-22-14)16(21)12-20-7-3-6-15(20)13-9-17-19(2)10-13/h4-5,8-10,15H,3,6-7,11-12H2,1-2H3. The maximum atomic E-state index is 12.5. The molecule has 2 aromatic heterocycles. The van der Waals surface area contributed by atoms with E-state index < -0.39 is 0 Å². The second-order valence-electron chi connectivity index (χ2n) is 5.91. The van der Waals surface area contributed by atoms with Crippen LogP contribution in [0.1, 0.15) is 29.3 Å². The number of likely N-dealkylation sites (N-methyl/N-ethyl adjacent to an activating group) is 1. The Morgan fingerprint density at radius 1 is 1.55 bits per heavy atom. The molecule has 0 N–H and O–H groups in total. The number of thiophene rings is 1. The lowest BCUT2D eigenvalue weighted by Gasteiger charge is -2.25. The van der Waals surface area contributed by atoms with Crippen molar-refractivity contribution in [3.63, 3.8) is 0 Å². The van der Waals surface area contributed by atoms with Gasteiger partial charge in [-0.1, -0.05) is 6.07 Å². The van der Waals surface area contributed by atoms with Crippen molar-refractivity contribution in [1.82, 2.24) is 19.6 Å². The molecule has 1 aliphatic heterocycles. The van der Waals surface area contributed by atoms with Crippen LogP contribution in [0.2, 0.25) is 0 Å². The molecule has 1 saturated heterocycles. The Morgan fingerprint density at radius 3 is 3.09 bits per heavy atom. The van der Waals surface area contributed by atoms with Crippen LogP contribution in [-0.2, 0) is 18.4 Å². The topological polar surface area (TPSA) is 41.4 Å². The molecule has 0 aliphatic carbocycles. The molecule has 0 aromatic carbocycles. The number of hydrogen-bond acceptors (Lipinski definition) is 4. The summed E-state index contributed by atoms with van der Waals surface area (Å²) in [6.45, 7) is 2.17. The zero-order chi connectivity index (χ0) is 15.5. The quantitative estimate of drug-likeness (QED) is 0.849. The molecule has 0 bridgehead atoms. The first-order valence-electron chi connectivity index (χ1n) is 7.62. The number of carbonyl (C=O) groups excluding carboxylic acids is 1. The first-order chi connectivity index (χ1) is 10.6. The monoisotopic (exact) mass is 318 g/mol. The molecule has 5 nitrogen and oxygen atoms in total. The van der Waals surface area contributed by atoms with Gasteiger partial charge in [-0.05, 0) is 30.8 Å². The molecule has 1 unspecified atom stereocenters. The number of carbonyl (C=O) groups is 1. The van der Waals surface area contributed by atoms with E-state index in [9.17, 15) is 4.79 Å². The summed E-state index contributed by atoms with van der Waals surface area (Å²) in [6.07, 6.45) is 6.22. The Morgan fingerprint density at radius 2 is 2.41 bits per heavy atom. The van der Waals surface area contributed by atoms with E-state index in [1.165, 1.54) is 10.4 Å². The average molecular weight is 318 g/mol. The minimum absolute atomic E-state index is 0.184. The number of rotatable bonds is 5. The van der Waals surface area contributed by atoms with E-state index in [2.05, 4.69) is 22.3 Å². The number of hydrogen-bond donors (Lipinski definition) is 0. The number of amides is 1. The highest BCUT2D eigenvalue weighted by Crippen LogP contribution is 2.31. The Bertz CT molecular complexity index is 622. The van der Waals surface area contributed by atoms with Gasteiger partial charge in [0, 0.05) is 36.8 Å². The van der Waals surface area contributed by atoms with E-state index in [0.29, 0.717) is 19.1 Å². The summed E-state index contributed by atoms with van der Waals surface area (Å²) in [5.74, 6) is 0.184. The number of likely N-dealkylation sites (tertiary alicyclic amines) is 1. The molecule has 22 heavy (non-hydrogen) atoms. The second-order valence-corrected chi connectivity index (χ2v) is 6.94. The third kappa shape index (κ3) is 3.39. The van der Waals surface area contributed by atoms with Crippen LogP contribution in [0, 0.1) is 0 Å². The maximum Gasteiger partial charge on any atom is 0.236 e. The van der Waals surface area contributed by atoms with Crippen LogP contribution in [0.5, 0.6) is 0 Å². The van der Waals surface area contributed by atoms with Gasteiger partial charge in [0.05, 0.1) is 19.3 Å². The van der Waals surface area contributed by atoms with Crippen molar-refractivity contribution >= 4 is 17.2 Å². The van der Waals surface area contributed by atoms with Crippen molar-refractivity contribution in [2.75, 3.05) is 20.1 Å². The molecule has 1 amide bonds. The Balaban J connectivity index is 1.60. The molecule has 2 aromatic rings. The minimum atomic E-state index is 0.184. The smallest absolute Gasteiger partial charge is 0.236 e. The van der Waals surface area contributed by atoms with Gasteiger partial charge < -0.3 is 4.90 Å². The average Bonchev–Trinajstić information content (AvgIpc) is 3.20. The van der Waals surface area contributed by atoms with Crippen molar-refractivity contribution in [2.45, 2.75) is 25.4 Å². The van der Waals surface area contributed by atoms with Crippen LogP contribution in [0.15, 0.2) is 29.9 Å². The molecule has 1 fully saturated rings. The van der Waals surface area contributed by atoms with Gasteiger partial charge in [-0.25, -0.2) is 0 Å². The van der Waals surface area contributed by atoms with Crippen LogP contribution in [0.4, 0.5) is 0 Å². The number of aromatic nitrogens is 2. The summed E-state index contributed by atoms with van der Waals surface area (Å²) >= 11 is 1.69. The predicted octanol–water partition coefficient (Wildman–Crippen LogP) is 2.28. The molecule has 0 spiro atoms. The summed E-state index contributed by atoms with van der Waals surface area (Å²) in [7, 11) is 3.82. The second kappa shape index (κ2) is 6.62. The maximum absolute atomic E-state index is 12.5. The Hall–Kier alpha value is -1.66. The highest BCUT2D eigenvalue weighted by Gasteiger charge is 2.29. The van der Waals surface area contributed by atoms with E-state index in [-0.39, 0.29) is 5.91 Å². The molecule has 6 heteroatoms. The van der Waals surface area contributed by atoms with Gasteiger partial charge in [0.2, 0.25) is 5.91 Å². The van der Waals surface area contributed by atoms with E-state index in [1.54, 1.807) is 11.3 Å². The fraction of sp³-hybridized carbons (Fsp3) is 0.500. The summed E-state index contributed by atoms with van der Waals surface area (Å²) in [4.78, 5) is 17.8. The van der Waals surface area contributed by atoms with Crippen LogP contribution in [0.3, 0.4) is 0 Å². The van der Waals surface area contributed by atoms with Crippen molar-refractivity contribution < 1.29 is 4.79 Å². The van der Waals surface area contributed by atoms with E-state index >= 15 is 0 Å². The third-order valence-electron chi connectivity index (χ3n) is 4.21. The van der Waals surface area contributed by atoms with Gasteiger partial charge in [-0.15, -0.1) is 11.3 Å². The van der Waals surface area contributed by atoms with Gasteiger partial charge in [-0.2, -0.15) is 5.10 Å². The molecule has 1 aliphatic rings. The predicted molar refractivity (Wildman–Crippen MR) is 87.5 cm³/mol. The van der Waals surface area contributed by atoms with Gasteiger partial charge in [0.25, 0.3) is 0 Å². The van der Waals surface area contributed by atoms with E-state index in [4.69, 9.17) is 0 Å². The van der Waals surface area contributed by atoms with Crippen LogP contribution in [-0.4, -0.2) is 45.6 Å². The lowest BCUT2D eigenvalue weighted by molar-refractivity contribution is -0.131. The van der Waals surface area contributed by atoms with E-state index in [1.807, 2.05) is 41.3 Å². The van der Waals surface area contributed by atoms with Crippen molar-refractivity contribution in [3.05, 3.63) is 40.3 Å². The van der Waals surface area contributed by atoms with Crippen LogP contribution < -0.4 is 0 Å². The molecule has 3 rings (SSSR count). The molecule has 0 radical (unpaired) electrons. The first-order valence-corrected chi connectivity index (χ1v) is 8.50. The first kappa shape index (κ1) is 15.2. The molecular weight excluding hydrogens is 296 g/mol. The summed E-state index contributed by atoms with van der Waals surface area (Å²) < 4.78 is 1.83. The minimum Gasteiger partial charge on any atom is -0.340 e. The molecule has 3 heterocycles. The van der Waals surface area contributed by atoms with Gasteiger partial charge in [0.1, 0.15) is 0 Å². The molecule has 0 saturated carbocycles. The lowest BCUT2D eigenvalue weighted by atomic mass is 10.1. The van der Waals surface area contributed by atoms with Crippen LogP contribution >= 0.6 is 11.3 Å². The fourth-order valence-electron chi connectivity index (χ4n) is 3.02. The Kier molecular flexibility index (Phi) is 4.59. The van der Waals surface area contributed by atoms with Crippen LogP contribution in [0.25, 0.3) is 0 Å². The third-order valence-corrected chi connectivity index (χ3v) is 5.07. The highest BCUT2D eigenvalue weighted by molar-refractivity contribution is 7.09. The van der Waals surface area contributed by atoms with Gasteiger partial charge in [-0.3, -0.25) is 14.4 Å². The zero-order valence-electron chi connectivity index (χ0n) is 13.1. The normalized spacial score (nSPS) is 18.7. The van der Waals surface area contributed by atoms with Crippen molar-refractivity contribution in [1.29, 1.82) is 0 Å². The van der Waals surface area contributed by atoms with Crippen molar-refractivity contribution in [2.24, 2.45) is 7.05 Å². The molecular formula is C16H22N4OS. The summed E-state index contributed by atoms with van der Waals surface area (Å²) in [5.41, 5.74) is 1.22. The van der Waals surface area contributed by atoms with Gasteiger partial charge >= 0.3 is 0 Å². The summed E-state index contributed by atoms with van der Waals surface area (Å²) in [6, 6.07) is 4.42. The largest absolute Gasteiger partial charge is 0.340 e. The highest BCUT2D eigenvalue weighted by atomic mass is 32.1. The summed E-state index contributed by atoms with van der Waals surface area (Å²) in [5, 5.41) is 6.30. The zero-order valence-corrected chi connectivity index (χ0v) is 13.9. The Labute approximate surface area is 135 Å². The molecule has 118 valence electrons. The SMILES string of the molecule is CN(Cc1cccs1)C(=O)CN1CCCC1c1cnn(C)c1. The van der Waals surface area contributed by atoms with Crippen molar-refractivity contribution in [3.8, 4) is 0 Å². The van der Waals surface area contributed by atoms with Gasteiger partial charge in [0.15, 0.2) is 0 Å². The van der Waals surface area contributed by atoms with E-state index in [0.717, 1.165) is 19.4 Å². The number of nitrogens with zero attached hydrogens (tertiary/aromatic N) is 4.